The normalized spacial score (nSPS) is 15.6. The first-order valence-corrected chi connectivity index (χ1v) is 15.0. The van der Waals surface area contributed by atoms with Crippen LogP contribution >= 0.6 is 10.2 Å². The molecule has 2 aromatic heterocycles. The second-order valence-electron chi connectivity index (χ2n) is 10.6. The molecule has 0 fully saturated rings. The maximum atomic E-state index is 14.9. The van der Waals surface area contributed by atoms with E-state index < -0.39 is 26.7 Å². The number of nitrogens with one attached hydrogen (secondary N) is 1. The van der Waals surface area contributed by atoms with E-state index in [1.54, 1.807) is 25.9 Å². The zero-order valence-electron chi connectivity index (χ0n) is 23.3. The summed E-state index contributed by atoms with van der Waals surface area (Å²) in [6.07, 6.45) is 3.49. The lowest BCUT2D eigenvalue weighted by Gasteiger charge is -2.40. The maximum absolute atomic E-state index is 14.9. The van der Waals surface area contributed by atoms with Gasteiger partial charge in [0.15, 0.2) is 5.78 Å². The number of ketones is 1. The van der Waals surface area contributed by atoms with Gasteiger partial charge in [0.05, 0.1) is 5.69 Å². The summed E-state index contributed by atoms with van der Waals surface area (Å²) < 4.78 is 80.2. The number of halogens is 6. The second-order valence-corrected chi connectivity index (χ2v) is 13.0. The molecule has 0 unspecified atom stereocenters. The summed E-state index contributed by atoms with van der Waals surface area (Å²) in [5, 5.41) is 0.600. The molecule has 0 saturated carbocycles. The van der Waals surface area contributed by atoms with E-state index in [0.717, 1.165) is 17.3 Å². The second kappa shape index (κ2) is 9.86. The summed E-state index contributed by atoms with van der Waals surface area (Å²) in [6, 6.07) is 5.91. The van der Waals surface area contributed by atoms with Crippen molar-refractivity contribution in [3.63, 3.8) is 0 Å². The van der Waals surface area contributed by atoms with Gasteiger partial charge in [-0.1, -0.05) is 25.5 Å². The van der Waals surface area contributed by atoms with Gasteiger partial charge in [0.2, 0.25) is 0 Å². The molecular weight excluding hydrogens is 596 g/mol. The van der Waals surface area contributed by atoms with E-state index in [1.165, 1.54) is 17.3 Å². The lowest BCUT2D eigenvalue weighted by molar-refractivity contribution is 0.0992. The highest BCUT2D eigenvalue weighted by molar-refractivity contribution is 8.45. The Morgan fingerprint density at radius 2 is 1.72 bits per heavy atom. The standard InChI is InChI=1S/C29H27F6N5O2S/c1-17-20(13-26(41)19-4-6-22(7-5-19)43(31,32,33,34)35)12-21(30)14-23(17)27-24-15-25(38-28(24)37-16-36-27)18-8-10-40(11-9-18)29(42)39(2)3/h4-8,12,14-16H,9-11,13H2,1-3H3,(H,36,37,38). The molecule has 5 rings (SSSR count). The smallest absolute Gasteiger partial charge is 0.319 e. The largest absolute Gasteiger partial charge is 0.339 e. The number of rotatable bonds is 6. The van der Waals surface area contributed by atoms with Crippen LogP contribution in [0.4, 0.5) is 28.6 Å². The molecule has 1 aliphatic rings. The molecule has 3 heterocycles. The van der Waals surface area contributed by atoms with Crippen LogP contribution in [0.2, 0.25) is 0 Å². The third-order valence-electron chi connectivity index (χ3n) is 7.34. The van der Waals surface area contributed by atoms with Crippen molar-refractivity contribution in [3.8, 4) is 11.3 Å². The molecule has 7 nitrogen and oxygen atoms in total. The number of aromatic nitrogens is 3. The van der Waals surface area contributed by atoms with Crippen molar-refractivity contribution in [2.24, 2.45) is 0 Å². The molecule has 0 saturated heterocycles. The van der Waals surface area contributed by atoms with Crippen LogP contribution in [0.1, 0.15) is 33.6 Å². The molecule has 2 aromatic carbocycles. The Bertz CT molecular complexity index is 1800. The van der Waals surface area contributed by atoms with Crippen LogP contribution in [-0.2, 0) is 6.42 Å². The monoisotopic (exact) mass is 623 g/mol. The van der Waals surface area contributed by atoms with Crippen molar-refractivity contribution in [2.75, 3.05) is 27.2 Å². The molecule has 0 radical (unpaired) electrons. The van der Waals surface area contributed by atoms with Gasteiger partial charge < -0.3 is 14.8 Å². The molecule has 228 valence electrons. The molecule has 43 heavy (non-hydrogen) atoms. The van der Waals surface area contributed by atoms with E-state index in [-0.39, 0.29) is 35.7 Å². The molecule has 1 N–H and O–H groups in total. The Kier molecular flexibility index (Phi) is 6.91. The zero-order chi connectivity index (χ0) is 31.4. The van der Waals surface area contributed by atoms with Crippen LogP contribution in [-0.4, -0.2) is 63.8 Å². The molecule has 4 aromatic rings. The number of fused-ring (bicyclic) bond motifs is 1. The van der Waals surface area contributed by atoms with Crippen LogP contribution in [0, 0.1) is 12.7 Å². The number of aromatic amines is 1. The summed E-state index contributed by atoms with van der Waals surface area (Å²) in [7, 11) is -6.50. The van der Waals surface area contributed by atoms with Gasteiger partial charge in [-0.3, -0.25) is 4.79 Å². The maximum Gasteiger partial charge on any atom is 0.319 e. The average molecular weight is 624 g/mol. The van der Waals surface area contributed by atoms with E-state index >= 15 is 0 Å². The van der Waals surface area contributed by atoms with Crippen LogP contribution < -0.4 is 0 Å². The van der Waals surface area contributed by atoms with Gasteiger partial charge in [0.25, 0.3) is 0 Å². The fourth-order valence-corrected chi connectivity index (χ4v) is 5.69. The lowest BCUT2D eigenvalue weighted by Crippen LogP contribution is -2.41. The van der Waals surface area contributed by atoms with Crippen molar-refractivity contribution in [2.45, 2.75) is 24.7 Å². The third-order valence-corrected chi connectivity index (χ3v) is 8.50. The summed E-state index contributed by atoms with van der Waals surface area (Å²) in [6.45, 7) is 2.62. The van der Waals surface area contributed by atoms with Gasteiger partial charge in [-0.2, -0.15) is 0 Å². The Balaban J connectivity index is 1.44. The Labute approximate surface area is 243 Å². The summed E-state index contributed by atoms with van der Waals surface area (Å²) in [4.78, 5) is 38.2. The predicted octanol–water partition coefficient (Wildman–Crippen LogP) is 7.93. The Morgan fingerprint density at radius 1 is 1.02 bits per heavy atom. The van der Waals surface area contributed by atoms with Crippen molar-refractivity contribution in [1.82, 2.24) is 24.8 Å². The predicted molar refractivity (Wildman–Crippen MR) is 153 cm³/mol. The Hall–Kier alpha value is -4.33. The van der Waals surface area contributed by atoms with Crippen molar-refractivity contribution >= 4 is 38.6 Å². The fraction of sp³-hybridized carbons (Fsp3) is 0.241. The first-order valence-electron chi connectivity index (χ1n) is 13.1. The number of amides is 2. The fourth-order valence-electron chi connectivity index (χ4n) is 5.04. The number of carbonyl (C=O) groups excluding carboxylic acids is 2. The van der Waals surface area contributed by atoms with E-state index in [4.69, 9.17) is 0 Å². The number of nitrogens with zero attached hydrogens (tertiary/aromatic N) is 4. The van der Waals surface area contributed by atoms with Gasteiger partial charge in [0.1, 0.15) is 22.7 Å². The SMILES string of the molecule is Cc1c(CC(=O)c2ccc(S(F)(F)(F)(F)F)cc2)cc(F)cc1-c1ncnc2[nH]c(C3=CCN(C(=O)N(C)C)CC3)cc12. The van der Waals surface area contributed by atoms with Gasteiger partial charge in [-0.15, -0.1) is 0 Å². The molecule has 2 amide bonds. The number of hydrogen-bond donors (Lipinski definition) is 1. The van der Waals surface area contributed by atoms with Crippen molar-refractivity contribution < 1.29 is 33.4 Å². The minimum absolute atomic E-state index is 0.0861. The number of Topliss-reactive ketones (excluding diaryl/α,β-unsaturated/α-hetero) is 1. The van der Waals surface area contributed by atoms with Crippen LogP contribution in [0.3, 0.4) is 0 Å². The van der Waals surface area contributed by atoms with Gasteiger partial charge in [0, 0.05) is 55.8 Å². The van der Waals surface area contributed by atoms with E-state index in [9.17, 15) is 33.4 Å². The first-order chi connectivity index (χ1) is 19.9. The van der Waals surface area contributed by atoms with Gasteiger partial charge >= 0.3 is 16.3 Å². The molecule has 0 aliphatic carbocycles. The van der Waals surface area contributed by atoms with Gasteiger partial charge in [-0.05, 0) is 72.5 Å². The summed E-state index contributed by atoms with van der Waals surface area (Å²) >= 11 is 0. The van der Waals surface area contributed by atoms with E-state index in [1.807, 2.05) is 12.1 Å². The van der Waals surface area contributed by atoms with Gasteiger partial charge in [-0.25, -0.2) is 19.2 Å². The van der Waals surface area contributed by atoms with Crippen molar-refractivity contribution in [1.29, 1.82) is 0 Å². The van der Waals surface area contributed by atoms with Crippen LogP contribution in [0.5, 0.6) is 0 Å². The quantitative estimate of drug-likeness (QED) is 0.175. The number of hydrogen-bond acceptors (Lipinski definition) is 4. The molecule has 14 heteroatoms. The van der Waals surface area contributed by atoms with Crippen LogP contribution in [0.25, 0.3) is 27.9 Å². The minimum Gasteiger partial charge on any atom is -0.339 e. The van der Waals surface area contributed by atoms with E-state index in [0.29, 0.717) is 59.5 Å². The highest BCUT2D eigenvalue weighted by atomic mass is 32.5. The first kappa shape index (κ1) is 30.1. The lowest BCUT2D eigenvalue weighted by atomic mass is 9.93. The number of carbonyl (C=O) groups is 2. The third kappa shape index (κ3) is 6.24. The van der Waals surface area contributed by atoms with E-state index in [2.05, 4.69) is 15.0 Å². The summed E-state index contributed by atoms with van der Waals surface area (Å²) in [5.41, 5.74) is 3.59. The topological polar surface area (TPSA) is 82.2 Å². The number of H-pyrrole nitrogens is 1. The number of urea groups is 1. The molecule has 0 spiro atoms. The highest BCUT2D eigenvalue weighted by Gasteiger charge is 2.65. The van der Waals surface area contributed by atoms with Crippen molar-refractivity contribution in [3.05, 3.63) is 83.1 Å². The molecule has 1 aliphatic heterocycles. The average Bonchev–Trinajstić information content (AvgIpc) is 3.38. The minimum atomic E-state index is -9.88. The Morgan fingerprint density at radius 3 is 2.33 bits per heavy atom. The highest BCUT2D eigenvalue weighted by Crippen LogP contribution is 3.02. The molecule has 0 atom stereocenters. The molecular formula is C29H27F6N5O2S. The summed E-state index contributed by atoms with van der Waals surface area (Å²) in [5.74, 6) is -1.33. The van der Waals surface area contributed by atoms with Crippen LogP contribution in [0.15, 0.2) is 59.8 Å². The zero-order valence-corrected chi connectivity index (χ0v) is 24.1. The number of benzene rings is 2. The molecule has 0 bridgehead atoms.